The van der Waals surface area contributed by atoms with Gasteiger partial charge in [-0.25, -0.2) is 0 Å². The van der Waals surface area contributed by atoms with Crippen molar-refractivity contribution < 1.29 is 23.8 Å². The topological polar surface area (TPSA) is 107 Å². The molecule has 154 valence electrons. The fourth-order valence-corrected chi connectivity index (χ4v) is 4.05. The van der Waals surface area contributed by atoms with Gasteiger partial charge in [-0.1, -0.05) is 68.4 Å². The molecule has 7 heteroatoms. The average Bonchev–Trinajstić information content (AvgIpc) is 2.71. The maximum absolute atomic E-state index is 12.4. The van der Waals surface area contributed by atoms with E-state index in [2.05, 4.69) is 0 Å². The van der Waals surface area contributed by atoms with Crippen LogP contribution in [0, 0.1) is 11.8 Å². The first-order valence-electron chi connectivity index (χ1n) is 9.53. The summed E-state index contributed by atoms with van der Waals surface area (Å²) in [6.07, 6.45) is 0.419. The highest BCUT2D eigenvalue weighted by Gasteiger charge is 2.31. The number of carboxylic acids is 1. The highest BCUT2D eigenvalue weighted by atomic mass is 31.1. The molecule has 0 aliphatic carbocycles. The zero-order valence-corrected chi connectivity index (χ0v) is 17.5. The van der Waals surface area contributed by atoms with E-state index in [-0.39, 0.29) is 24.5 Å². The molecule has 2 aromatic carbocycles. The van der Waals surface area contributed by atoms with Gasteiger partial charge in [-0.05, 0) is 22.5 Å². The molecule has 0 bridgehead atoms. The molecular formula is C22H27NO5P+. The van der Waals surface area contributed by atoms with Gasteiger partial charge in [0.15, 0.2) is 11.9 Å². The highest BCUT2D eigenvalue weighted by molar-refractivity contribution is 7.39. The van der Waals surface area contributed by atoms with Crippen LogP contribution in [0.15, 0.2) is 54.6 Å². The summed E-state index contributed by atoms with van der Waals surface area (Å²) >= 11 is 0. The number of ketones is 1. The van der Waals surface area contributed by atoms with Crippen LogP contribution in [-0.4, -0.2) is 29.6 Å². The number of hydrogen-bond acceptors (Lipinski definition) is 5. The summed E-state index contributed by atoms with van der Waals surface area (Å²) in [6.45, 7) is 3.85. The summed E-state index contributed by atoms with van der Waals surface area (Å²) in [5.41, 5.74) is 8.01. The van der Waals surface area contributed by atoms with Crippen LogP contribution in [0.25, 0.3) is 0 Å². The van der Waals surface area contributed by atoms with E-state index in [0.29, 0.717) is 17.5 Å². The predicted molar refractivity (Wildman–Crippen MR) is 112 cm³/mol. The van der Waals surface area contributed by atoms with E-state index in [4.69, 9.17) is 10.3 Å². The molecule has 0 aliphatic heterocycles. The van der Waals surface area contributed by atoms with Gasteiger partial charge in [0.2, 0.25) is 0 Å². The second-order valence-electron chi connectivity index (χ2n) is 7.40. The molecule has 3 N–H and O–H groups in total. The van der Waals surface area contributed by atoms with Crippen molar-refractivity contribution >= 4 is 19.8 Å². The Balaban J connectivity index is 1.90. The Morgan fingerprint density at radius 2 is 1.62 bits per heavy atom. The molecule has 0 radical (unpaired) electrons. The van der Waals surface area contributed by atoms with Crippen LogP contribution in [0.2, 0.25) is 0 Å². The third-order valence-corrected chi connectivity index (χ3v) is 5.69. The van der Waals surface area contributed by atoms with E-state index in [1.807, 2.05) is 32.0 Å². The Hall–Kier alpha value is -2.40. The number of carboxylic acid groups (broad SMARTS) is 1. The minimum atomic E-state index is -2.12. The fraction of sp³-hybridized carbons (Fsp3) is 0.364. The van der Waals surface area contributed by atoms with Crippen molar-refractivity contribution in [3.05, 3.63) is 71.3 Å². The molecule has 0 spiro atoms. The molecule has 29 heavy (non-hydrogen) atoms. The maximum Gasteiger partial charge on any atom is 0.509 e. The normalized spacial score (nSPS) is 13.7. The third kappa shape index (κ3) is 7.17. The number of aliphatic carboxylic acids is 1. The van der Waals surface area contributed by atoms with E-state index in [9.17, 15) is 19.3 Å². The lowest BCUT2D eigenvalue weighted by Gasteiger charge is -2.11. The van der Waals surface area contributed by atoms with Gasteiger partial charge in [0.1, 0.15) is 12.5 Å². The van der Waals surface area contributed by atoms with E-state index in [1.54, 1.807) is 36.4 Å². The first-order valence-corrected chi connectivity index (χ1v) is 10.9. The SMILES string of the molecule is CC(C)CC(C[P+](=O)OCC(N)c1ccc(C(=O)c2ccccc2)cc1)C(=O)O. The van der Waals surface area contributed by atoms with Crippen molar-refractivity contribution in [1.29, 1.82) is 0 Å². The van der Waals surface area contributed by atoms with E-state index in [0.717, 1.165) is 5.56 Å². The minimum absolute atomic E-state index is 0.00913. The second kappa shape index (κ2) is 11.0. The first-order chi connectivity index (χ1) is 13.8. The second-order valence-corrected chi connectivity index (χ2v) is 8.69. The summed E-state index contributed by atoms with van der Waals surface area (Å²) in [6, 6.07) is 15.4. The number of carbonyl (C=O) groups is 2. The predicted octanol–water partition coefficient (Wildman–Crippen LogP) is 4.42. The fourth-order valence-electron chi connectivity index (χ4n) is 2.95. The van der Waals surface area contributed by atoms with E-state index in [1.165, 1.54) is 0 Å². The molecule has 2 rings (SSSR count). The van der Waals surface area contributed by atoms with Gasteiger partial charge in [-0.3, -0.25) is 9.59 Å². The molecule has 2 aromatic rings. The van der Waals surface area contributed by atoms with Crippen molar-refractivity contribution in [1.82, 2.24) is 0 Å². The third-order valence-electron chi connectivity index (χ3n) is 4.51. The van der Waals surface area contributed by atoms with Crippen LogP contribution >= 0.6 is 8.03 Å². The van der Waals surface area contributed by atoms with Gasteiger partial charge < -0.3 is 10.8 Å². The smallest absolute Gasteiger partial charge is 0.481 e. The zero-order valence-electron chi connectivity index (χ0n) is 16.7. The lowest BCUT2D eigenvalue weighted by Crippen LogP contribution is -2.20. The Labute approximate surface area is 172 Å². The van der Waals surface area contributed by atoms with Crippen molar-refractivity contribution in [2.24, 2.45) is 17.6 Å². The quantitative estimate of drug-likeness (QED) is 0.415. The highest BCUT2D eigenvalue weighted by Crippen LogP contribution is 2.30. The van der Waals surface area contributed by atoms with E-state index < -0.39 is 26.0 Å². The van der Waals surface area contributed by atoms with Crippen molar-refractivity contribution in [2.75, 3.05) is 12.8 Å². The van der Waals surface area contributed by atoms with Gasteiger partial charge in [-0.15, -0.1) is 4.52 Å². The van der Waals surface area contributed by atoms with Crippen molar-refractivity contribution in [3.63, 3.8) is 0 Å². The Kier molecular flexibility index (Phi) is 8.65. The summed E-state index contributed by atoms with van der Waals surface area (Å²) in [5.74, 6) is -1.54. The maximum atomic E-state index is 12.4. The number of nitrogens with two attached hydrogens (primary N) is 1. The van der Waals surface area contributed by atoms with Crippen molar-refractivity contribution in [3.8, 4) is 0 Å². The standard InChI is InChI=1S/C22H26NO5P/c1-15(2)12-19(22(25)26)14-29(27)28-13-20(23)16-8-10-18(11-9-16)21(24)17-6-4-3-5-7-17/h3-11,15,19-20H,12-14,23H2,1-2H3/p+1. The van der Waals surface area contributed by atoms with Crippen LogP contribution in [0.4, 0.5) is 0 Å². The molecule has 0 fully saturated rings. The summed E-state index contributed by atoms with van der Waals surface area (Å²) in [5, 5.41) is 9.24. The largest absolute Gasteiger partial charge is 0.509 e. The minimum Gasteiger partial charge on any atom is -0.481 e. The number of benzene rings is 2. The number of rotatable bonds is 11. The Bertz CT molecular complexity index is 836. The van der Waals surface area contributed by atoms with Crippen molar-refractivity contribution in [2.45, 2.75) is 26.3 Å². The molecule has 0 saturated carbocycles. The van der Waals surface area contributed by atoms with Gasteiger partial charge in [0.05, 0.1) is 6.04 Å². The Morgan fingerprint density at radius 1 is 1.03 bits per heavy atom. The van der Waals surface area contributed by atoms with Crippen LogP contribution in [0.1, 0.15) is 47.8 Å². The van der Waals surface area contributed by atoms with Gasteiger partial charge in [-0.2, -0.15) is 0 Å². The monoisotopic (exact) mass is 416 g/mol. The average molecular weight is 416 g/mol. The number of hydrogen-bond donors (Lipinski definition) is 2. The van der Waals surface area contributed by atoms with Crippen LogP contribution in [-0.2, 0) is 13.9 Å². The van der Waals surface area contributed by atoms with E-state index >= 15 is 0 Å². The van der Waals surface area contributed by atoms with Gasteiger partial charge in [0.25, 0.3) is 0 Å². The number of carbonyl (C=O) groups excluding carboxylic acids is 1. The molecule has 6 nitrogen and oxygen atoms in total. The molecule has 0 amide bonds. The van der Waals surface area contributed by atoms with Crippen LogP contribution in [0.3, 0.4) is 0 Å². The zero-order chi connectivity index (χ0) is 21.4. The van der Waals surface area contributed by atoms with Crippen LogP contribution in [0.5, 0.6) is 0 Å². The lowest BCUT2D eigenvalue weighted by molar-refractivity contribution is -0.141. The molecule has 0 aliphatic rings. The summed E-state index contributed by atoms with van der Waals surface area (Å²) < 4.78 is 17.5. The Morgan fingerprint density at radius 3 is 2.17 bits per heavy atom. The summed E-state index contributed by atoms with van der Waals surface area (Å²) in [4.78, 5) is 23.7. The molecule has 3 unspecified atom stereocenters. The summed E-state index contributed by atoms with van der Waals surface area (Å²) in [7, 11) is -2.12. The molecule has 0 heterocycles. The first kappa shape index (κ1) is 22.9. The van der Waals surface area contributed by atoms with Gasteiger partial charge in [0, 0.05) is 11.1 Å². The lowest BCUT2D eigenvalue weighted by atomic mass is 9.99. The molecule has 0 aromatic heterocycles. The molecular weight excluding hydrogens is 389 g/mol. The van der Waals surface area contributed by atoms with Gasteiger partial charge >= 0.3 is 14.0 Å². The molecule has 0 saturated heterocycles. The molecule has 3 atom stereocenters. The van der Waals surface area contributed by atoms with Crippen LogP contribution < -0.4 is 5.73 Å².